The van der Waals surface area contributed by atoms with E-state index in [0.717, 1.165) is 0 Å². The molecular weight excluding hydrogens is 246 g/mol. The molecule has 0 aromatic heterocycles. The second kappa shape index (κ2) is 6.37. The van der Waals surface area contributed by atoms with Gasteiger partial charge in [-0.1, -0.05) is 6.07 Å². The molecule has 0 saturated heterocycles. The lowest BCUT2D eigenvalue weighted by atomic mass is 10.1. The third-order valence-corrected chi connectivity index (χ3v) is 2.36. The van der Waals surface area contributed by atoms with Crippen molar-refractivity contribution in [3.05, 3.63) is 23.8 Å². The Morgan fingerprint density at radius 3 is 2.79 bits per heavy atom. The Kier molecular flexibility index (Phi) is 4.85. The summed E-state index contributed by atoms with van der Waals surface area (Å²) in [5.74, 6) is 0.0394. The number of anilines is 1. The van der Waals surface area contributed by atoms with Crippen LogP contribution in [-0.2, 0) is 0 Å². The van der Waals surface area contributed by atoms with Crippen LogP contribution in [0.25, 0.3) is 0 Å². The number of nitriles is 1. The van der Waals surface area contributed by atoms with Crippen LogP contribution in [0.1, 0.15) is 18.6 Å². The van der Waals surface area contributed by atoms with E-state index in [1.54, 1.807) is 31.2 Å². The van der Waals surface area contributed by atoms with Gasteiger partial charge in [0.25, 0.3) is 0 Å². The number of amidine groups is 1. The smallest absolute Gasteiger partial charge is 0.201 e. The number of ether oxygens (including phenoxy) is 1. The molecule has 5 N–H and O–H groups in total. The number of benzene rings is 1. The maximum atomic E-state index is 9.47. The van der Waals surface area contributed by atoms with Crippen molar-refractivity contribution in [3.8, 4) is 11.8 Å². The first-order valence-electron chi connectivity index (χ1n) is 5.43. The topological polar surface area (TPSA) is 128 Å². The summed E-state index contributed by atoms with van der Waals surface area (Å²) in [5, 5.41) is 29.0. The minimum absolute atomic E-state index is 0.221. The molecule has 0 bridgehead atoms. The Bertz CT molecular complexity index is 546. The largest absolute Gasteiger partial charge is 0.495 e. The van der Waals surface area contributed by atoms with Gasteiger partial charge in [-0.2, -0.15) is 10.4 Å². The molecule has 19 heavy (non-hydrogen) atoms. The lowest BCUT2D eigenvalue weighted by molar-refractivity contribution is 0.199. The van der Waals surface area contributed by atoms with Crippen LogP contribution in [0.3, 0.4) is 0 Å². The first-order valence-corrected chi connectivity index (χ1v) is 5.43. The highest BCUT2D eigenvalue weighted by Crippen LogP contribution is 2.28. The molecule has 100 valence electrons. The van der Waals surface area contributed by atoms with Crippen molar-refractivity contribution in [2.75, 3.05) is 12.5 Å². The molecule has 0 heterocycles. The molecule has 1 unspecified atom stereocenters. The first kappa shape index (κ1) is 14.5. The number of hydrogen-bond acceptors (Lipinski definition) is 6. The van der Waals surface area contributed by atoms with E-state index >= 15 is 0 Å². The van der Waals surface area contributed by atoms with E-state index in [4.69, 9.17) is 21.1 Å². The summed E-state index contributed by atoms with van der Waals surface area (Å²) >= 11 is 0. The molecular formula is C12H15N5O2. The molecule has 7 heteroatoms. The van der Waals surface area contributed by atoms with Gasteiger partial charge in [-0.25, -0.2) is 0 Å². The predicted octanol–water partition coefficient (Wildman–Crippen LogP) is 0.976. The standard InChI is InChI=1S/C12H15N5O2/c1-7(18)8-3-4-9(11(5-8)19-2)16-17-10(6-13)12(14)15/h3-5,7,16,18H,1-2H3,(H3,14,15)/b17-10+. The van der Waals surface area contributed by atoms with Gasteiger partial charge in [0.15, 0.2) is 5.84 Å². The van der Waals surface area contributed by atoms with Gasteiger partial charge in [0.05, 0.1) is 18.9 Å². The zero-order valence-corrected chi connectivity index (χ0v) is 10.6. The fourth-order valence-electron chi connectivity index (χ4n) is 1.32. The van der Waals surface area contributed by atoms with Crippen molar-refractivity contribution in [2.24, 2.45) is 10.8 Å². The summed E-state index contributed by atoms with van der Waals surface area (Å²) in [6, 6.07) is 6.70. The lowest BCUT2D eigenvalue weighted by Gasteiger charge is -2.11. The van der Waals surface area contributed by atoms with Crippen LogP contribution in [0.4, 0.5) is 5.69 Å². The summed E-state index contributed by atoms with van der Waals surface area (Å²) in [6.07, 6.45) is -0.613. The highest BCUT2D eigenvalue weighted by molar-refractivity contribution is 6.45. The number of aliphatic hydroxyl groups is 1. The van der Waals surface area contributed by atoms with Gasteiger partial charge in [0.1, 0.15) is 11.8 Å². The maximum Gasteiger partial charge on any atom is 0.201 e. The average Bonchev–Trinajstić information content (AvgIpc) is 2.38. The molecule has 1 aromatic rings. The number of nitrogens with two attached hydrogens (primary N) is 1. The third kappa shape index (κ3) is 3.69. The number of nitrogens with one attached hydrogen (secondary N) is 2. The zero-order chi connectivity index (χ0) is 14.4. The Balaban J connectivity index is 3.02. The van der Waals surface area contributed by atoms with Crippen molar-refractivity contribution < 1.29 is 9.84 Å². The van der Waals surface area contributed by atoms with Gasteiger partial charge in [-0.05, 0) is 24.6 Å². The van der Waals surface area contributed by atoms with Gasteiger partial charge in [-0.15, -0.1) is 0 Å². The Morgan fingerprint density at radius 1 is 1.63 bits per heavy atom. The van der Waals surface area contributed by atoms with E-state index in [9.17, 15) is 5.11 Å². The molecule has 0 aliphatic rings. The van der Waals surface area contributed by atoms with Crippen molar-refractivity contribution in [2.45, 2.75) is 13.0 Å². The number of methoxy groups -OCH3 is 1. The van der Waals surface area contributed by atoms with E-state index in [2.05, 4.69) is 10.5 Å². The summed E-state index contributed by atoms with van der Waals surface area (Å²) in [7, 11) is 1.48. The normalized spacial score (nSPS) is 12.4. The molecule has 1 atom stereocenters. The predicted molar refractivity (Wildman–Crippen MR) is 72.2 cm³/mol. The first-order chi connectivity index (χ1) is 8.99. The summed E-state index contributed by atoms with van der Waals surface area (Å²) in [6.45, 7) is 1.64. The van der Waals surface area contributed by atoms with E-state index in [0.29, 0.717) is 17.0 Å². The molecule has 0 aliphatic carbocycles. The Labute approximate surface area is 110 Å². The van der Waals surface area contributed by atoms with Crippen molar-refractivity contribution >= 4 is 17.2 Å². The molecule has 0 amide bonds. The minimum atomic E-state index is -0.613. The number of rotatable bonds is 5. The lowest BCUT2D eigenvalue weighted by Crippen LogP contribution is -2.21. The van der Waals surface area contributed by atoms with Crippen molar-refractivity contribution in [1.29, 1.82) is 10.7 Å². The molecule has 7 nitrogen and oxygen atoms in total. The SMILES string of the molecule is COc1cc(C(C)O)ccc1N/N=C(\C#N)C(=N)N. The molecule has 1 aromatic carbocycles. The summed E-state index contributed by atoms with van der Waals surface area (Å²) < 4.78 is 5.15. The van der Waals surface area contributed by atoms with Gasteiger partial charge in [0, 0.05) is 0 Å². The monoisotopic (exact) mass is 261 g/mol. The highest BCUT2D eigenvalue weighted by atomic mass is 16.5. The average molecular weight is 261 g/mol. The van der Waals surface area contributed by atoms with E-state index < -0.39 is 11.9 Å². The zero-order valence-electron chi connectivity index (χ0n) is 10.6. The van der Waals surface area contributed by atoms with Crippen molar-refractivity contribution in [3.63, 3.8) is 0 Å². The van der Waals surface area contributed by atoms with Gasteiger partial charge in [-0.3, -0.25) is 10.8 Å². The molecule has 0 fully saturated rings. The second-order valence-corrected chi connectivity index (χ2v) is 3.73. The van der Waals surface area contributed by atoms with E-state index in [-0.39, 0.29) is 5.71 Å². The van der Waals surface area contributed by atoms with Crippen LogP contribution in [-0.4, -0.2) is 23.8 Å². The summed E-state index contributed by atoms with van der Waals surface area (Å²) in [5.41, 5.74) is 8.75. The second-order valence-electron chi connectivity index (χ2n) is 3.73. The Morgan fingerprint density at radius 2 is 2.32 bits per heavy atom. The van der Waals surface area contributed by atoms with E-state index in [1.807, 2.05) is 0 Å². The minimum Gasteiger partial charge on any atom is -0.495 e. The fraction of sp³-hybridized carbons (Fsp3) is 0.250. The van der Waals surface area contributed by atoms with Gasteiger partial charge in [0.2, 0.25) is 5.71 Å². The van der Waals surface area contributed by atoms with Gasteiger partial charge >= 0.3 is 0 Å². The maximum absolute atomic E-state index is 9.47. The van der Waals surface area contributed by atoms with Crippen molar-refractivity contribution in [1.82, 2.24) is 0 Å². The molecule has 0 aliphatic heterocycles. The number of hydrazone groups is 1. The fourth-order valence-corrected chi connectivity index (χ4v) is 1.32. The highest BCUT2D eigenvalue weighted by Gasteiger charge is 2.08. The van der Waals surface area contributed by atoms with Crippen LogP contribution in [0.2, 0.25) is 0 Å². The number of aliphatic hydroxyl groups excluding tert-OH is 1. The third-order valence-electron chi connectivity index (χ3n) is 2.36. The molecule has 0 radical (unpaired) electrons. The van der Waals surface area contributed by atoms with Gasteiger partial charge < -0.3 is 15.6 Å². The van der Waals surface area contributed by atoms with Crippen LogP contribution >= 0.6 is 0 Å². The summed E-state index contributed by atoms with van der Waals surface area (Å²) in [4.78, 5) is 0. The number of hydrogen-bond donors (Lipinski definition) is 4. The quantitative estimate of drug-likeness (QED) is 0.357. The molecule has 0 spiro atoms. The Hall–Kier alpha value is -2.59. The number of nitrogens with zero attached hydrogens (tertiary/aromatic N) is 2. The molecule has 0 saturated carbocycles. The van der Waals surface area contributed by atoms with Crippen LogP contribution < -0.4 is 15.9 Å². The van der Waals surface area contributed by atoms with Crippen LogP contribution in [0.15, 0.2) is 23.3 Å². The van der Waals surface area contributed by atoms with Crippen LogP contribution in [0, 0.1) is 16.7 Å². The van der Waals surface area contributed by atoms with E-state index in [1.165, 1.54) is 7.11 Å². The molecule has 1 rings (SSSR count). The van der Waals surface area contributed by atoms with Crippen LogP contribution in [0.5, 0.6) is 5.75 Å².